The molecule has 5 rings (SSSR count). The van der Waals surface area contributed by atoms with Crippen molar-refractivity contribution in [1.29, 1.82) is 0 Å². The van der Waals surface area contributed by atoms with Gasteiger partial charge in [0.2, 0.25) is 0 Å². The Labute approximate surface area is 170 Å². The topological polar surface area (TPSA) is 111 Å². The third-order valence-corrected chi connectivity index (χ3v) is 5.56. The van der Waals surface area contributed by atoms with E-state index in [4.69, 9.17) is 0 Å². The number of fused-ring (bicyclic) bond motifs is 2. The fourth-order valence-electron chi connectivity index (χ4n) is 4.25. The number of aryl methyl sites for hydroxylation is 1. The molecule has 3 heterocycles. The van der Waals surface area contributed by atoms with Crippen LogP contribution in [0.25, 0.3) is 21.9 Å². The second-order valence-electron chi connectivity index (χ2n) is 7.34. The number of aromatic amines is 1. The van der Waals surface area contributed by atoms with Crippen molar-refractivity contribution in [1.82, 2.24) is 14.5 Å². The molecule has 0 saturated heterocycles. The molecule has 0 aliphatic carbocycles. The molecule has 2 aromatic carbocycles. The molecule has 3 N–H and O–H groups in total. The first-order chi connectivity index (χ1) is 14.5. The number of hydrogen-bond donors (Lipinski definition) is 3. The van der Waals surface area contributed by atoms with E-state index in [0.29, 0.717) is 5.69 Å². The Balaban J connectivity index is 1.74. The quantitative estimate of drug-likeness (QED) is 0.484. The van der Waals surface area contributed by atoms with E-state index in [1.54, 1.807) is 24.5 Å². The molecule has 2 aromatic heterocycles. The molecule has 0 bridgehead atoms. The van der Waals surface area contributed by atoms with E-state index in [2.05, 4.69) is 9.97 Å². The summed E-state index contributed by atoms with van der Waals surface area (Å²) < 4.78 is 1.93. The van der Waals surface area contributed by atoms with Gasteiger partial charge in [-0.05, 0) is 24.3 Å². The molecule has 1 aliphatic rings. The number of H-pyrrole nitrogens is 1. The molecule has 1 aliphatic heterocycles. The number of nitrogens with one attached hydrogen (secondary N) is 1. The molecular formula is C22H18N4O4. The predicted molar refractivity (Wildman–Crippen MR) is 111 cm³/mol. The standard InChI is InChI=1S/C22H18N4O4/c1-25-10-15(13-4-2-3-5-18(13)25)20-14(9-19(27)28)21(29)22(30)26(20)12-6-7-16-17(8-12)24-11-23-16/h2-8,10-11,20,29H,9H2,1H3,(H,23,24)(H,27,28). The molecule has 0 radical (unpaired) electrons. The van der Waals surface area contributed by atoms with Crippen LogP contribution in [0.2, 0.25) is 0 Å². The molecule has 8 nitrogen and oxygen atoms in total. The van der Waals surface area contributed by atoms with Gasteiger partial charge in [-0.2, -0.15) is 0 Å². The molecule has 150 valence electrons. The lowest BCUT2D eigenvalue weighted by Crippen LogP contribution is -2.30. The fourth-order valence-corrected chi connectivity index (χ4v) is 4.25. The van der Waals surface area contributed by atoms with Crippen molar-refractivity contribution in [3.63, 3.8) is 0 Å². The maximum absolute atomic E-state index is 13.1. The third kappa shape index (κ3) is 2.57. The summed E-state index contributed by atoms with van der Waals surface area (Å²) in [6.07, 6.45) is 3.01. The van der Waals surface area contributed by atoms with E-state index in [-0.39, 0.29) is 5.57 Å². The number of carboxylic acids is 1. The number of anilines is 1. The van der Waals surface area contributed by atoms with Crippen molar-refractivity contribution < 1.29 is 19.8 Å². The van der Waals surface area contributed by atoms with E-state index in [0.717, 1.165) is 27.5 Å². The molecule has 30 heavy (non-hydrogen) atoms. The lowest BCUT2D eigenvalue weighted by Gasteiger charge is -2.26. The van der Waals surface area contributed by atoms with Gasteiger partial charge in [0.05, 0.1) is 29.8 Å². The van der Waals surface area contributed by atoms with Crippen molar-refractivity contribution in [2.24, 2.45) is 7.05 Å². The van der Waals surface area contributed by atoms with Crippen LogP contribution in [0.5, 0.6) is 0 Å². The van der Waals surface area contributed by atoms with E-state index in [9.17, 15) is 19.8 Å². The van der Waals surface area contributed by atoms with Gasteiger partial charge >= 0.3 is 5.97 Å². The zero-order valence-corrected chi connectivity index (χ0v) is 16.0. The summed E-state index contributed by atoms with van der Waals surface area (Å²) in [6, 6.07) is 12.3. The molecule has 1 atom stereocenters. The summed E-state index contributed by atoms with van der Waals surface area (Å²) in [6.45, 7) is 0. The highest BCUT2D eigenvalue weighted by Crippen LogP contribution is 2.44. The molecule has 4 aromatic rings. The van der Waals surface area contributed by atoms with E-state index >= 15 is 0 Å². The van der Waals surface area contributed by atoms with Gasteiger partial charge in [0, 0.05) is 41.0 Å². The highest BCUT2D eigenvalue weighted by Gasteiger charge is 2.43. The molecule has 1 unspecified atom stereocenters. The van der Waals surface area contributed by atoms with Crippen LogP contribution in [0.3, 0.4) is 0 Å². The Morgan fingerprint density at radius 3 is 2.83 bits per heavy atom. The van der Waals surface area contributed by atoms with Crippen LogP contribution in [0.4, 0.5) is 5.69 Å². The second-order valence-corrected chi connectivity index (χ2v) is 7.34. The molecule has 1 amide bonds. The first-order valence-corrected chi connectivity index (χ1v) is 9.40. The zero-order chi connectivity index (χ0) is 21.0. The number of imidazole rings is 1. The normalized spacial score (nSPS) is 16.9. The fraction of sp³-hybridized carbons (Fsp3) is 0.136. The van der Waals surface area contributed by atoms with Crippen LogP contribution in [0.15, 0.2) is 66.3 Å². The van der Waals surface area contributed by atoms with Gasteiger partial charge in [-0.3, -0.25) is 14.5 Å². The van der Waals surface area contributed by atoms with Gasteiger partial charge in [0.25, 0.3) is 5.91 Å². The zero-order valence-electron chi connectivity index (χ0n) is 16.0. The minimum atomic E-state index is -1.11. The monoisotopic (exact) mass is 402 g/mol. The maximum Gasteiger partial charge on any atom is 0.307 e. The minimum absolute atomic E-state index is 0.175. The number of para-hydroxylation sites is 1. The van der Waals surface area contributed by atoms with Gasteiger partial charge in [0.1, 0.15) is 0 Å². The minimum Gasteiger partial charge on any atom is -0.503 e. The van der Waals surface area contributed by atoms with Crippen molar-refractivity contribution in [2.45, 2.75) is 12.5 Å². The highest BCUT2D eigenvalue weighted by atomic mass is 16.4. The summed E-state index contributed by atoms with van der Waals surface area (Å²) in [5, 5.41) is 20.9. The number of carbonyl (C=O) groups is 2. The van der Waals surface area contributed by atoms with Crippen LogP contribution in [-0.2, 0) is 16.6 Å². The Bertz CT molecular complexity index is 1360. The summed E-state index contributed by atoms with van der Waals surface area (Å²) in [5.41, 5.74) is 3.91. The highest BCUT2D eigenvalue weighted by molar-refractivity contribution is 6.10. The average Bonchev–Trinajstić information content (AvgIpc) is 3.39. The molecule has 0 spiro atoms. The first-order valence-electron chi connectivity index (χ1n) is 9.40. The number of amides is 1. The lowest BCUT2D eigenvalue weighted by atomic mass is 9.96. The second kappa shape index (κ2) is 6.48. The lowest BCUT2D eigenvalue weighted by molar-refractivity contribution is -0.136. The van der Waals surface area contributed by atoms with Gasteiger partial charge in [-0.1, -0.05) is 18.2 Å². The van der Waals surface area contributed by atoms with Crippen molar-refractivity contribution in [3.05, 3.63) is 71.9 Å². The van der Waals surface area contributed by atoms with Crippen LogP contribution in [0, 0.1) is 0 Å². The number of aromatic nitrogens is 3. The number of aliphatic hydroxyl groups excluding tert-OH is 1. The summed E-state index contributed by atoms with van der Waals surface area (Å²) in [7, 11) is 1.89. The Morgan fingerprint density at radius 1 is 1.23 bits per heavy atom. The van der Waals surface area contributed by atoms with Crippen LogP contribution in [-0.4, -0.2) is 36.6 Å². The van der Waals surface area contributed by atoms with E-state index < -0.39 is 30.1 Å². The Morgan fingerprint density at radius 2 is 2.03 bits per heavy atom. The molecule has 8 heteroatoms. The van der Waals surface area contributed by atoms with Crippen molar-refractivity contribution >= 4 is 39.5 Å². The number of carbonyl (C=O) groups excluding carboxylic acids is 1. The maximum atomic E-state index is 13.1. The van der Waals surface area contributed by atoms with Crippen LogP contribution >= 0.6 is 0 Å². The average molecular weight is 402 g/mol. The SMILES string of the molecule is Cn1cc(C2C(CC(=O)O)=C(O)C(=O)N2c2ccc3nc[nH]c3c2)c2ccccc21. The molecule has 0 fully saturated rings. The number of benzene rings is 2. The van der Waals surface area contributed by atoms with Gasteiger partial charge in [0.15, 0.2) is 5.76 Å². The number of hydrogen-bond acceptors (Lipinski definition) is 4. The number of aliphatic hydroxyl groups is 1. The van der Waals surface area contributed by atoms with Gasteiger partial charge in [-0.15, -0.1) is 0 Å². The van der Waals surface area contributed by atoms with Gasteiger partial charge in [-0.25, -0.2) is 4.98 Å². The smallest absolute Gasteiger partial charge is 0.307 e. The van der Waals surface area contributed by atoms with Crippen LogP contribution < -0.4 is 4.90 Å². The first kappa shape index (κ1) is 18.0. The Kier molecular flexibility index (Phi) is 3.89. The summed E-state index contributed by atoms with van der Waals surface area (Å²) in [5.74, 6) is -2.25. The number of rotatable bonds is 4. The molecule has 0 saturated carbocycles. The van der Waals surface area contributed by atoms with Gasteiger partial charge < -0.3 is 19.8 Å². The molecular weight excluding hydrogens is 384 g/mol. The number of aliphatic carboxylic acids is 1. The predicted octanol–water partition coefficient (Wildman–Crippen LogP) is 3.43. The summed E-state index contributed by atoms with van der Waals surface area (Å²) >= 11 is 0. The van der Waals surface area contributed by atoms with Crippen molar-refractivity contribution in [3.8, 4) is 0 Å². The largest absolute Gasteiger partial charge is 0.503 e. The van der Waals surface area contributed by atoms with Crippen LogP contribution in [0.1, 0.15) is 18.0 Å². The number of nitrogens with zero attached hydrogens (tertiary/aromatic N) is 3. The Hall–Kier alpha value is -4.07. The summed E-state index contributed by atoms with van der Waals surface area (Å²) in [4.78, 5) is 33.3. The third-order valence-electron chi connectivity index (χ3n) is 5.56. The van der Waals surface area contributed by atoms with Crippen molar-refractivity contribution in [2.75, 3.05) is 4.90 Å². The van der Waals surface area contributed by atoms with E-state index in [1.807, 2.05) is 42.1 Å². The van der Waals surface area contributed by atoms with E-state index in [1.165, 1.54) is 4.90 Å². The number of carboxylic acid groups (broad SMARTS) is 1.